The fourth-order valence-corrected chi connectivity index (χ4v) is 2.95. The molecule has 2 aliphatic rings. The molecule has 110 valence electrons. The van der Waals surface area contributed by atoms with Gasteiger partial charge in [0.2, 0.25) is 0 Å². The van der Waals surface area contributed by atoms with Crippen LogP contribution in [0.3, 0.4) is 0 Å². The quantitative estimate of drug-likeness (QED) is 0.846. The maximum Gasteiger partial charge on any atom is 0.179 e. The molecule has 1 aromatic carbocycles. The van der Waals surface area contributed by atoms with Crippen molar-refractivity contribution in [3.63, 3.8) is 0 Å². The van der Waals surface area contributed by atoms with E-state index in [0.29, 0.717) is 30.0 Å². The van der Waals surface area contributed by atoms with E-state index in [1.807, 2.05) is 12.1 Å². The van der Waals surface area contributed by atoms with Gasteiger partial charge in [0.1, 0.15) is 13.2 Å². The second kappa shape index (κ2) is 6.20. The van der Waals surface area contributed by atoms with Gasteiger partial charge in [0.05, 0.1) is 5.02 Å². The Morgan fingerprint density at radius 1 is 1.30 bits per heavy atom. The first-order valence-corrected chi connectivity index (χ1v) is 7.58. The number of hydrogen-bond donors (Lipinski definition) is 2. The fourth-order valence-electron chi connectivity index (χ4n) is 2.66. The number of rotatable bonds is 6. The Labute approximate surface area is 124 Å². The molecule has 0 amide bonds. The number of ether oxygens (including phenoxy) is 2. The number of hydrogen-bond acceptors (Lipinski definition) is 4. The van der Waals surface area contributed by atoms with Gasteiger partial charge in [-0.3, -0.25) is 0 Å². The van der Waals surface area contributed by atoms with Crippen LogP contribution >= 0.6 is 11.6 Å². The van der Waals surface area contributed by atoms with Gasteiger partial charge in [-0.15, -0.1) is 0 Å². The molecule has 5 heteroatoms. The van der Waals surface area contributed by atoms with Crippen molar-refractivity contribution in [2.75, 3.05) is 19.8 Å². The predicted molar refractivity (Wildman–Crippen MR) is 77.5 cm³/mol. The molecule has 4 nitrogen and oxygen atoms in total. The van der Waals surface area contributed by atoms with Crippen LogP contribution < -0.4 is 14.8 Å². The lowest BCUT2D eigenvalue weighted by atomic mass is 10.1. The van der Waals surface area contributed by atoms with Crippen molar-refractivity contribution < 1.29 is 14.6 Å². The van der Waals surface area contributed by atoms with Gasteiger partial charge in [-0.05, 0) is 42.9 Å². The Morgan fingerprint density at radius 2 is 2.10 bits per heavy atom. The summed E-state index contributed by atoms with van der Waals surface area (Å²) < 4.78 is 11.1. The molecule has 1 aliphatic carbocycles. The summed E-state index contributed by atoms with van der Waals surface area (Å²) in [5, 5.41) is 13.2. The van der Waals surface area contributed by atoms with Crippen molar-refractivity contribution in [1.82, 2.24) is 5.32 Å². The van der Waals surface area contributed by atoms with E-state index < -0.39 is 0 Å². The molecule has 1 aromatic rings. The number of fused-ring (bicyclic) bond motifs is 1. The Hall–Kier alpha value is -0.970. The van der Waals surface area contributed by atoms with Crippen molar-refractivity contribution >= 4 is 11.6 Å². The van der Waals surface area contributed by atoms with Crippen molar-refractivity contribution in [3.8, 4) is 11.5 Å². The highest BCUT2D eigenvalue weighted by Crippen LogP contribution is 2.38. The van der Waals surface area contributed by atoms with Crippen LogP contribution in [0.25, 0.3) is 0 Å². The number of halogens is 1. The molecule has 1 unspecified atom stereocenters. The second-order valence-corrected chi connectivity index (χ2v) is 5.85. The Balaban J connectivity index is 1.66. The molecule has 1 aliphatic heterocycles. The van der Waals surface area contributed by atoms with E-state index in [0.717, 1.165) is 30.2 Å². The van der Waals surface area contributed by atoms with E-state index in [2.05, 4.69) is 5.32 Å². The Bertz CT molecular complexity index is 476. The van der Waals surface area contributed by atoms with Crippen molar-refractivity contribution in [2.24, 2.45) is 5.92 Å². The zero-order valence-corrected chi connectivity index (χ0v) is 12.2. The summed E-state index contributed by atoms with van der Waals surface area (Å²) in [6.45, 7) is 2.08. The minimum absolute atomic E-state index is 0.232. The van der Waals surface area contributed by atoms with Gasteiger partial charge in [0, 0.05) is 19.2 Å². The van der Waals surface area contributed by atoms with Crippen molar-refractivity contribution in [1.29, 1.82) is 0 Å². The molecule has 1 atom stereocenters. The average molecular weight is 298 g/mol. The third kappa shape index (κ3) is 3.19. The van der Waals surface area contributed by atoms with Crippen LogP contribution in [-0.4, -0.2) is 31.0 Å². The molecule has 20 heavy (non-hydrogen) atoms. The lowest BCUT2D eigenvalue weighted by Crippen LogP contribution is -2.31. The first kappa shape index (κ1) is 14.0. The molecule has 2 N–H and O–H groups in total. The molecule has 1 heterocycles. The van der Waals surface area contributed by atoms with Crippen LogP contribution in [0.1, 0.15) is 24.8 Å². The van der Waals surface area contributed by atoms with E-state index in [9.17, 15) is 0 Å². The van der Waals surface area contributed by atoms with E-state index in [-0.39, 0.29) is 6.61 Å². The third-order valence-electron chi connectivity index (χ3n) is 3.86. The normalized spacial score (nSPS) is 18.9. The maximum absolute atomic E-state index is 9.12. The Morgan fingerprint density at radius 3 is 2.85 bits per heavy atom. The van der Waals surface area contributed by atoms with Gasteiger partial charge in [0.25, 0.3) is 0 Å². The van der Waals surface area contributed by atoms with Gasteiger partial charge in [-0.1, -0.05) is 11.6 Å². The van der Waals surface area contributed by atoms with Crippen LogP contribution in [0.4, 0.5) is 0 Å². The standard InChI is InChI=1S/C15H20ClNO3/c16-12-7-10(8-14-15(12)20-6-5-19-14)9-17-13(3-4-18)11-1-2-11/h7-8,11,13,17-18H,1-6,9H2. The lowest BCUT2D eigenvalue weighted by Gasteiger charge is -2.21. The van der Waals surface area contributed by atoms with E-state index in [1.165, 1.54) is 12.8 Å². The van der Waals surface area contributed by atoms with Crippen molar-refractivity contribution in [3.05, 3.63) is 22.7 Å². The molecule has 3 rings (SSSR count). The van der Waals surface area contributed by atoms with Gasteiger partial charge in [-0.25, -0.2) is 0 Å². The predicted octanol–water partition coefficient (Wildman–Crippen LogP) is 2.36. The fraction of sp³-hybridized carbons (Fsp3) is 0.600. The minimum Gasteiger partial charge on any atom is -0.486 e. The monoisotopic (exact) mass is 297 g/mol. The molecular weight excluding hydrogens is 278 g/mol. The lowest BCUT2D eigenvalue weighted by molar-refractivity contribution is 0.171. The Kier molecular flexibility index (Phi) is 4.34. The van der Waals surface area contributed by atoms with Gasteiger partial charge >= 0.3 is 0 Å². The average Bonchev–Trinajstić information content (AvgIpc) is 3.28. The highest BCUT2D eigenvalue weighted by molar-refractivity contribution is 6.32. The first-order valence-electron chi connectivity index (χ1n) is 7.20. The molecule has 0 spiro atoms. The molecule has 0 saturated heterocycles. The van der Waals surface area contributed by atoms with E-state index >= 15 is 0 Å². The van der Waals surface area contributed by atoms with Crippen LogP contribution in [0, 0.1) is 5.92 Å². The number of nitrogens with one attached hydrogen (secondary N) is 1. The van der Waals surface area contributed by atoms with Crippen LogP contribution in [0.5, 0.6) is 11.5 Å². The largest absolute Gasteiger partial charge is 0.486 e. The highest BCUT2D eigenvalue weighted by atomic mass is 35.5. The summed E-state index contributed by atoms with van der Waals surface area (Å²) in [5.74, 6) is 2.09. The second-order valence-electron chi connectivity index (χ2n) is 5.44. The molecular formula is C15H20ClNO3. The molecule has 1 fully saturated rings. The van der Waals surface area contributed by atoms with E-state index in [1.54, 1.807) is 0 Å². The van der Waals surface area contributed by atoms with Crippen molar-refractivity contribution in [2.45, 2.75) is 31.8 Å². The van der Waals surface area contributed by atoms with Crippen LogP contribution in [0.2, 0.25) is 5.02 Å². The third-order valence-corrected chi connectivity index (χ3v) is 4.14. The molecule has 0 radical (unpaired) electrons. The zero-order valence-electron chi connectivity index (χ0n) is 11.4. The number of aliphatic hydroxyl groups excluding tert-OH is 1. The minimum atomic E-state index is 0.232. The SMILES string of the molecule is OCCC(NCc1cc(Cl)c2c(c1)OCCO2)C1CC1. The van der Waals surface area contributed by atoms with E-state index in [4.69, 9.17) is 26.2 Å². The summed E-state index contributed by atoms with van der Waals surface area (Å²) >= 11 is 6.23. The highest BCUT2D eigenvalue weighted by Gasteiger charge is 2.30. The van der Waals surface area contributed by atoms with Crippen LogP contribution in [-0.2, 0) is 6.54 Å². The van der Waals surface area contributed by atoms with Gasteiger partial charge in [-0.2, -0.15) is 0 Å². The maximum atomic E-state index is 9.12. The first-order chi connectivity index (χ1) is 9.78. The molecule has 0 aromatic heterocycles. The van der Waals surface area contributed by atoms with Gasteiger partial charge in [0.15, 0.2) is 11.5 Å². The smallest absolute Gasteiger partial charge is 0.179 e. The molecule has 0 bridgehead atoms. The summed E-state index contributed by atoms with van der Waals surface area (Å²) in [6.07, 6.45) is 3.34. The summed E-state index contributed by atoms with van der Waals surface area (Å²) in [4.78, 5) is 0. The number of benzene rings is 1. The number of aliphatic hydroxyl groups is 1. The summed E-state index contributed by atoms with van der Waals surface area (Å²) in [5.41, 5.74) is 1.09. The summed E-state index contributed by atoms with van der Waals surface area (Å²) in [7, 11) is 0. The zero-order chi connectivity index (χ0) is 13.9. The molecule has 1 saturated carbocycles. The van der Waals surface area contributed by atoms with Gasteiger partial charge < -0.3 is 19.9 Å². The summed E-state index contributed by atoms with van der Waals surface area (Å²) in [6, 6.07) is 4.30. The van der Waals surface area contributed by atoms with Crippen LogP contribution in [0.15, 0.2) is 12.1 Å². The topological polar surface area (TPSA) is 50.7 Å².